The number of hydrogen-bond acceptors (Lipinski definition) is 0. The number of halogens is 1. The molecule has 116 valence electrons. The van der Waals surface area contributed by atoms with Gasteiger partial charge in [0.05, 0.1) is 0 Å². The van der Waals surface area contributed by atoms with E-state index in [-0.39, 0.29) is 5.41 Å². The summed E-state index contributed by atoms with van der Waals surface area (Å²) in [6, 6.07) is 32.9. The molecule has 3 aromatic rings. The van der Waals surface area contributed by atoms with Crippen LogP contribution in [0.25, 0.3) is 0 Å². The average molecular weight is 430 g/mol. The standard InChI is InChI=1S/C21H20IP/c22-23-17-16-21(18-10-4-1-5-11-18,19-12-6-2-7-13-19)20-14-8-3-9-15-20/h1-15,23H,16-17H2. The van der Waals surface area contributed by atoms with Crippen LogP contribution in [0.4, 0.5) is 0 Å². The van der Waals surface area contributed by atoms with Crippen molar-refractivity contribution in [3.63, 3.8) is 0 Å². The number of hydrogen-bond donors (Lipinski definition) is 0. The van der Waals surface area contributed by atoms with Crippen molar-refractivity contribution in [3.8, 4) is 0 Å². The molecule has 0 aliphatic rings. The van der Waals surface area contributed by atoms with E-state index in [4.69, 9.17) is 0 Å². The predicted molar refractivity (Wildman–Crippen MR) is 111 cm³/mol. The Morgan fingerprint density at radius 1 is 0.609 bits per heavy atom. The maximum absolute atomic E-state index is 2.51. The number of benzene rings is 3. The van der Waals surface area contributed by atoms with Gasteiger partial charge in [-0.05, 0) is 29.3 Å². The molecule has 0 nitrogen and oxygen atoms in total. The zero-order valence-electron chi connectivity index (χ0n) is 13.0. The van der Waals surface area contributed by atoms with E-state index in [1.807, 2.05) is 0 Å². The van der Waals surface area contributed by atoms with Crippen LogP contribution >= 0.6 is 28.3 Å². The molecule has 0 aromatic heterocycles. The van der Waals surface area contributed by atoms with Crippen LogP contribution in [0.2, 0.25) is 0 Å². The van der Waals surface area contributed by atoms with Crippen molar-refractivity contribution in [2.75, 3.05) is 6.16 Å². The van der Waals surface area contributed by atoms with Gasteiger partial charge in [0.25, 0.3) is 0 Å². The minimum Gasteiger partial charge on any atom is -0.0622 e. The van der Waals surface area contributed by atoms with Crippen LogP contribution in [0, 0.1) is 0 Å². The molecule has 0 amide bonds. The molecule has 3 aromatic carbocycles. The third-order valence-corrected chi connectivity index (χ3v) is 6.45. The van der Waals surface area contributed by atoms with Crippen LogP contribution in [0.1, 0.15) is 23.1 Å². The second kappa shape index (κ2) is 8.08. The van der Waals surface area contributed by atoms with Crippen molar-refractivity contribution >= 4 is 28.3 Å². The lowest BCUT2D eigenvalue weighted by molar-refractivity contribution is 0.599. The highest BCUT2D eigenvalue weighted by molar-refractivity contribution is 14.2. The van der Waals surface area contributed by atoms with E-state index in [2.05, 4.69) is 113 Å². The monoisotopic (exact) mass is 430 g/mol. The summed E-state index contributed by atoms with van der Waals surface area (Å²) in [5, 5.41) is 0. The molecule has 0 saturated heterocycles. The van der Waals surface area contributed by atoms with Gasteiger partial charge in [-0.25, -0.2) is 0 Å². The average Bonchev–Trinajstić information content (AvgIpc) is 2.65. The normalized spacial score (nSPS) is 11.9. The van der Waals surface area contributed by atoms with Crippen molar-refractivity contribution in [2.24, 2.45) is 0 Å². The Balaban J connectivity index is 2.25. The maximum Gasteiger partial charge on any atom is 0.0454 e. The summed E-state index contributed by atoms with van der Waals surface area (Å²) in [5.74, 6) is 0. The van der Waals surface area contributed by atoms with E-state index in [9.17, 15) is 0 Å². The van der Waals surface area contributed by atoms with E-state index in [1.54, 1.807) is 0 Å². The molecular formula is C21H20IP. The minimum atomic E-state index is -0.0675. The second-order valence-electron chi connectivity index (χ2n) is 5.64. The lowest BCUT2D eigenvalue weighted by Gasteiger charge is -2.36. The molecule has 2 heteroatoms. The third kappa shape index (κ3) is 3.51. The maximum atomic E-state index is 2.51. The van der Waals surface area contributed by atoms with Crippen LogP contribution in [-0.2, 0) is 5.41 Å². The molecule has 0 heterocycles. The highest BCUT2D eigenvalue weighted by atomic mass is 127. The quantitative estimate of drug-likeness (QED) is 0.240. The molecule has 0 aliphatic heterocycles. The van der Waals surface area contributed by atoms with Crippen molar-refractivity contribution in [1.82, 2.24) is 0 Å². The summed E-state index contributed by atoms with van der Waals surface area (Å²) in [6.07, 6.45) is 3.29. The van der Waals surface area contributed by atoms with Gasteiger partial charge >= 0.3 is 0 Å². The van der Waals surface area contributed by atoms with Gasteiger partial charge in [-0.1, -0.05) is 119 Å². The van der Waals surface area contributed by atoms with Gasteiger partial charge in [0.2, 0.25) is 0 Å². The van der Waals surface area contributed by atoms with E-state index in [1.165, 1.54) is 22.9 Å². The number of rotatable bonds is 6. The summed E-state index contributed by atoms with van der Waals surface area (Å²) in [5.41, 5.74) is 4.08. The van der Waals surface area contributed by atoms with E-state index in [0.29, 0.717) is 0 Å². The Morgan fingerprint density at radius 3 is 1.26 bits per heavy atom. The molecule has 0 N–H and O–H groups in total. The van der Waals surface area contributed by atoms with E-state index in [0.717, 1.165) is 12.6 Å². The lowest BCUT2D eigenvalue weighted by Crippen LogP contribution is -2.30. The van der Waals surface area contributed by atoms with Gasteiger partial charge in [0.15, 0.2) is 0 Å². The van der Waals surface area contributed by atoms with Crippen LogP contribution < -0.4 is 0 Å². The van der Waals surface area contributed by atoms with Gasteiger partial charge in [-0.3, -0.25) is 0 Å². The molecule has 0 aliphatic carbocycles. The SMILES string of the molecule is IPCCC(c1ccccc1)(c1ccccc1)c1ccccc1. The summed E-state index contributed by atoms with van der Waals surface area (Å²) < 4.78 is 0. The van der Waals surface area contributed by atoms with Gasteiger partial charge in [0, 0.05) is 5.41 Å². The molecule has 0 saturated carbocycles. The fraction of sp³-hybridized carbons (Fsp3) is 0.143. The largest absolute Gasteiger partial charge is 0.0622 e. The van der Waals surface area contributed by atoms with Gasteiger partial charge in [0.1, 0.15) is 0 Å². The second-order valence-corrected chi connectivity index (χ2v) is 8.69. The van der Waals surface area contributed by atoms with Crippen molar-refractivity contribution in [1.29, 1.82) is 0 Å². The van der Waals surface area contributed by atoms with Gasteiger partial charge in [-0.2, -0.15) is 0 Å². The van der Waals surface area contributed by atoms with Crippen molar-refractivity contribution in [2.45, 2.75) is 11.8 Å². The topological polar surface area (TPSA) is 0 Å². The van der Waals surface area contributed by atoms with Gasteiger partial charge < -0.3 is 0 Å². The van der Waals surface area contributed by atoms with E-state index < -0.39 is 0 Å². The Morgan fingerprint density at radius 2 is 0.957 bits per heavy atom. The Bertz CT molecular complexity index is 614. The molecule has 23 heavy (non-hydrogen) atoms. The Hall–Kier alpha value is -1.18. The molecular weight excluding hydrogens is 410 g/mol. The first-order valence-electron chi connectivity index (χ1n) is 7.88. The first kappa shape index (κ1) is 16.7. The summed E-state index contributed by atoms with van der Waals surface area (Å²) in [4.78, 5) is 0. The lowest BCUT2D eigenvalue weighted by atomic mass is 9.68. The molecule has 3 rings (SSSR count). The van der Waals surface area contributed by atoms with Crippen LogP contribution in [0.15, 0.2) is 91.0 Å². The van der Waals surface area contributed by atoms with E-state index >= 15 is 0 Å². The van der Waals surface area contributed by atoms with Crippen molar-refractivity contribution < 1.29 is 0 Å². The van der Waals surface area contributed by atoms with Crippen LogP contribution in [0.5, 0.6) is 0 Å². The highest BCUT2D eigenvalue weighted by Gasteiger charge is 2.35. The first-order chi connectivity index (χ1) is 11.4. The summed E-state index contributed by atoms with van der Waals surface area (Å²) >= 11 is 2.51. The Labute approximate surface area is 153 Å². The zero-order chi connectivity index (χ0) is 16.0. The zero-order valence-corrected chi connectivity index (χ0v) is 16.1. The van der Waals surface area contributed by atoms with Crippen LogP contribution in [0.3, 0.4) is 0 Å². The molecule has 0 spiro atoms. The predicted octanol–water partition coefficient (Wildman–Crippen LogP) is 6.44. The smallest absolute Gasteiger partial charge is 0.0454 e. The Kier molecular flexibility index (Phi) is 5.85. The van der Waals surface area contributed by atoms with Gasteiger partial charge in [-0.15, -0.1) is 0 Å². The third-order valence-electron chi connectivity index (χ3n) is 4.39. The minimum absolute atomic E-state index is 0.0675. The summed E-state index contributed by atoms with van der Waals surface area (Å²) in [7, 11) is 0. The fourth-order valence-electron chi connectivity index (χ4n) is 3.34. The highest BCUT2D eigenvalue weighted by Crippen LogP contribution is 2.44. The molecule has 1 unspecified atom stereocenters. The molecule has 0 bridgehead atoms. The first-order valence-corrected chi connectivity index (χ1v) is 12.2. The van der Waals surface area contributed by atoms with Crippen molar-refractivity contribution in [3.05, 3.63) is 108 Å². The molecule has 0 radical (unpaired) electrons. The van der Waals surface area contributed by atoms with Crippen LogP contribution in [-0.4, -0.2) is 6.16 Å². The molecule has 0 fully saturated rings. The summed E-state index contributed by atoms with van der Waals surface area (Å²) in [6.45, 7) is 0. The molecule has 1 atom stereocenters. The fourth-order valence-corrected chi connectivity index (χ4v) is 4.61.